The molecule has 0 bridgehead atoms. The van der Waals surface area contributed by atoms with E-state index in [-0.39, 0.29) is 18.8 Å². The van der Waals surface area contributed by atoms with Crippen molar-refractivity contribution in [1.82, 2.24) is 10.6 Å². The lowest BCUT2D eigenvalue weighted by Gasteiger charge is -2.22. The highest BCUT2D eigenvalue weighted by atomic mass is 16.6. The summed E-state index contributed by atoms with van der Waals surface area (Å²) >= 11 is 0. The molecule has 0 aromatic heterocycles. The topological polar surface area (TPSA) is 87.7 Å². The first kappa shape index (κ1) is 15.9. The van der Waals surface area contributed by atoms with E-state index in [9.17, 15) is 9.59 Å². The molecule has 0 saturated heterocycles. The van der Waals surface area contributed by atoms with Gasteiger partial charge in [0.15, 0.2) is 5.78 Å². The number of rotatable bonds is 6. The number of Topliss-reactive ketones (excluding diaryl/α,β-unsaturated/α-hetero) is 1. The third kappa shape index (κ3) is 7.70. The molecule has 0 aromatic rings. The molecule has 0 aliphatic heterocycles. The molecule has 6 heteroatoms. The minimum Gasteiger partial charge on any atom is -0.444 e. The standard InChI is InChI=1S/C11H22N2O4/c1-11(2,3)17-10(16)13-8(7-12-4)9(15)5-6-14/h8,12,14H,5-7H2,1-4H3,(H,13,16). The van der Waals surface area contributed by atoms with Crippen LogP contribution < -0.4 is 10.6 Å². The Bertz CT molecular complexity index is 261. The second-order valence-corrected chi connectivity index (χ2v) is 4.70. The Labute approximate surface area is 102 Å². The monoisotopic (exact) mass is 246 g/mol. The molecule has 0 spiro atoms. The largest absolute Gasteiger partial charge is 0.444 e. The molecule has 0 radical (unpaired) electrons. The fraction of sp³-hybridized carbons (Fsp3) is 0.818. The number of ketones is 1. The number of alkyl carbamates (subject to hydrolysis) is 1. The van der Waals surface area contributed by atoms with Gasteiger partial charge in [0, 0.05) is 13.0 Å². The average Bonchev–Trinajstić information content (AvgIpc) is 2.14. The highest BCUT2D eigenvalue weighted by Crippen LogP contribution is 2.06. The Balaban J connectivity index is 4.34. The Kier molecular flexibility index (Phi) is 6.75. The number of nitrogens with one attached hydrogen (secondary N) is 2. The Morgan fingerprint density at radius 3 is 2.35 bits per heavy atom. The number of amides is 1. The molecule has 1 amide bonds. The van der Waals surface area contributed by atoms with Crippen molar-refractivity contribution in [3.05, 3.63) is 0 Å². The van der Waals surface area contributed by atoms with Gasteiger partial charge in [-0.15, -0.1) is 0 Å². The molecule has 0 saturated carbocycles. The van der Waals surface area contributed by atoms with E-state index in [1.807, 2.05) is 0 Å². The lowest BCUT2D eigenvalue weighted by atomic mass is 10.1. The number of hydrogen-bond acceptors (Lipinski definition) is 5. The van der Waals surface area contributed by atoms with Crippen LogP contribution in [0.1, 0.15) is 27.2 Å². The third-order valence-electron chi connectivity index (χ3n) is 1.85. The van der Waals surface area contributed by atoms with Gasteiger partial charge in [-0.2, -0.15) is 0 Å². The zero-order chi connectivity index (χ0) is 13.5. The summed E-state index contributed by atoms with van der Waals surface area (Å²) in [6.45, 7) is 5.31. The Hall–Kier alpha value is -1.14. The maximum Gasteiger partial charge on any atom is 0.408 e. The second-order valence-electron chi connectivity index (χ2n) is 4.70. The summed E-state index contributed by atoms with van der Waals surface area (Å²) in [7, 11) is 1.68. The van der Waals surface area contributed by atoms with Crippen LogP contribution in [-0.4, -0.2) is 48.8 Å². The number of aliphatic hydroxyl groups excluding tert-OH is 1. The minimum absolute atomic E-state index is 0.0160. The third-order valence-corrected chi connectivity index (χ3v) is 1.85. The molecule has 0 heterocycles. The first-order valence-corrected chi connectivity index (χ1v) is 5.58. The van der Waals surface area contributed by atoms with Gasteiger partial charge >= 0.3 is 6.09 Å². The Morgan fingerprint density at radius 2 is 1.94 bits per heavy atom. The highest BCUT2D eigenvalue weighted by molar-refractivity contribution is 5.87. The van der Waals surface area contributed by atoms with Gasteiger partial charge in [-0.1, -0.05) is 0 Å². The van der Waals surface area contributed by atoms with E-state index >= 15 is 0 Å². The summed E-state index contributed by atoms with van der Waals surface area (Å²) in [5.41, 5.74) is -0.603. The molecule has 1 unspecified atom stereocenters. The van der Waals surface area contributed by atoms with Gasteiger partial charge < -0.3 is 20.5 Å². The van der Waals surface area contributed by atoms with Crippen LogP contribution in [0.15, 0.2) is 0 Å². The van der Waals surface area contributed by atoms with Gasteiger partial charge in [-0.3, -0.25) is 4.79 Å². The van der Waals surface area contributed by atoms with Crippen LogP contribution in [0.3, 0.4) is 0 Å². The summed E-state index contributed by atoms with van der Waals surface area (Å²) in [5, 5.41) is 14.0. The fourth-order valence-electron chi connectivity index (χ4n) is 1.18. The molecule has 0 aromatic carbocycles. The number of hydrogen-bond donors (Lipinski definition) is 3. The van der Waals surface area contributed by atoms with Gasteiger partial charge in [0.2, 0.25) is 0 Å². The molecule has 6 nitrogen and oxygen atoms in total. The number of aliphatic hydroxyl groups is 1. The summed E-state index contributed by atoms with van der Waals surface area (Å²) < 4.78 is 5.05. The van der Waals surface area contributed by atoms with E-state index in [0.717, 1.165) is 0 Å². The first-order chi connectivity index (χ1) is 7.80. The molecule has 100 valence electrons. The maximum atomic E-state index is 11.6. The number of carbonyl (C=O) groups excluding carboxylic acids is 2. The molecule has 0 fully saturated rings. The van der Waals surface area contributed by atoms with Crippen molar-refractivity contribution >= 4 is 11.9 Å². The molecular formula is C11H22N2O4. The van der Waals surface area contributed by atoms with Crippen LogP contribution >= 0.6 is 0 Å². The van der Waals surface area contributed by atoms with Gasteiger partial charge in [0.1, 0.15) is 11.6 Å². The Morgan fingerprint density at radius 1 is 1.35 bits per heavy atom. The van der Waals surface area contributed by atoms with Crippen molar-refractivity contribution in [2.24, 2.45) is 0 Å². The molecule has 1 atom stereocenters. The van der Waals surface area contributed by atoms with Crippen LogP contribution in [0.5, 0.6) is 0 Å². The predicted octanol–water partition coefficient (Wildman–Crippen LogP) is 0.0506. The van der Waals surface area contributed by atoms with Crippen LogP contribution in [0, 0.1) is 0 Å². The van der Waals surface area contributed by atoms with E-state index in [0.29, 0.717) is 6.54 Å². The smallest absolute Gasteiger partial charge is 0.408 e. The first-order valence-electron chi connectivity index (χ1n) is 5.58. The quantitative estimate of drug-likeness (QED) is 0.616. The molecular weight excluding hydrogens is 224 g/mol. The predicted molar refractivity (Wildman–Crippen MR) is 63.8 cm³/mol. The van der Waals surface area contributed by atoms with Crippen LogP contribution in [-0.2, 0) is 9.53 Å². The fourth-order valence-corrected chi connectivity index (χ4v) is 1.18. The lowest BCUT2D eigenvalue weighted by molar-refractivity contribution is -0.121. The lowest BCUT2D eigenvalue weighted by Crippen LogP contribution is -2.48. The van der Waals surface area contributed by atoms with Gasteiger partial charge in [0.25, 0.3) is 0 Å². The van der Waals surface area contributed by atoms with Crippen molar-refractivity contribution in [1.29, 1.82) is 0 Å². The van der Waals surface area contributed by atoms with E-state index < -0.39 is 17.7 Å². The summed E-state index contributed by atoms with van der Waals surface area (Å²) in [6, 6.07) is -0.679. The van der Waals surface area contributed by atoms with Crippen molar-refractivity contribution in [3.8, 4) is 0 Å². The normalized spacial score (nSPS) is 13.0. The van der Waals surface area contributed by atoms with Crippen LogP contribution in [0.25, 0.3) is 0 Å². The van der Waals surface area contributed by atoms with Crippen LogP contribution in [0.4, 0.5) is 4.79 Å². The SMILES string of the molecule is CNCC(NC(=O)OC(C)(C)C)C(=O)CCO. The van der Waals surface area contributed by atoms with E-state index in [1.165, 1.54) is 0 Å². The zero-order valence-electron chi connectivity index (χ0n) is 10.9. The highest BCUT2D eigenvalue weighted by Gasteiger charge is 2.23. The molecule has 17 heavy (non-hydrogen) atoms. The van der Waals surface area contributed by atoms with Crippen molar-refractivity contribution < 1.29 is 19.4 Å². The summed E-state index contributed by atoms with van der Waals surface area (Å²) in [6.07, 6.45) is -0.619. The molecule has 3 N–H and O–H groups in total. The van der Waals surface area contributed by atoms with E-state index in [2.05, 4.69) is 10.6 Å². The average molecular weight is 246 g/mol. The maximum absolute atomic E-state index is 11.6. The van der Waals surface area contributed by atoms with Gasteiger partial charge in [-0.05, 0) is 27.8 Å². The number of carbonyl (C=O) groups is 2. The van der Waals surface area contributed by atoms with Gasteiger partial charge in [0.05, 0.1) is 6.61 Å². The second kappa shape index (κ2) is 7.24. The minimum atomic E-state index is -0.679. The summed E-state index contributed by atoms with van der Waals surface area (Å²) in [4.78, 5) is 23.0. The van der Waals surface area contributed by atoms with Crippen molar-refractivity contribution in [2.75, 3.05) is 20.2 Å². The van der Waals surface area contributed by atoms with Crippen molar-refractivity contribution in [3.63, 3.8) is 0 Å². The van der Waals surface area contributed by atoms with E-state index in [4.69, 9.17) is 9.84 Å². The number of likely N-dealkylation sites (N-methyl/N-ethyl adjacent to an activating group) is 1. The number of ether oxygens (including phenoxy) is 1. The summed E-state index contributed by atoms with van der Waals surface area (Å²) in [5.74, 6) is -0.229. The molecule has 0 aliphatic rings. The zero-order valence-corrected chi connectivity index (χ0v) is 10.9. The van der Waals surface area contributed by atoms with Crippen molar-refractivity contribution in [2.45, 2.75) is 38.8 Å². The molecule has 0 aliphatic carbocycles. The van der Waals surface area contributed by atoms with E-state index in [1.54, 1.807) is 27.8 Å². The molecule has 0 rings (SSSR count). The van der Waals surface area contributed by atoms with Gasteiger partial charge in [-0.25, -0.2) is 4.79 Å². The van der Waals surface area contributed by atoms with Crippen LogP contribution in [0.2, 0.25) is 0 Å².